The van der Waals surface area contributed by atoms with Crippen LogP contribution in [0.4, 0.5) is 4.39 Å². The number of allylic oxidation sites excluding steroid dienone is 2. The Kier molecular flexibility index (Phi) is 4.43. The lowest BCUT2D eigenvalue weighted by atomic mass is 10.1. The third kappa shape index (κ3) is 3.15. The maximum Gasteiger partial charge on any atom is 0.275 e. The van der Waals surface area contributed by atoms with Crippen LogP contribution >= 0.6 is 0 Å². The minimum absolute atomic E-state index is 0.0454. The number of Topliss-reactive ketones (excluding diaryl/α,β-unsaturated/α-hetero) is 1. The van der Waals surface area contributed by atoms with E-state index < -0.39 is 5.82 Å². The van der Waals surface area contributed by atoms with Gasteiger partial charge in [-0.15, -0.1) is 0 Å². The van der Waals surface area contributed by atoms with E-state index in [0.29, 0.717) is 22.3 Å². The number of likely N-dealkylation sites (N-methyl/N-ethyl adjacent to an activating group) is 1. The first kappa shape index (κ1) is 17.9. The highest BCUT2D eigenvalue weighted by molar-refractivity contribution is 6.08. The molecule has 3 heterocycles. The number of aryl methyl sites for hydroxylation is 1. The van der Waals surface area contributed by atoms with Crippen LogP contribution in [0.1, 0.15) is 12.8 Å². The number of fused-ring (bicyclic) bond motifs is 3. The zero-order valence-corrected chi connectivity index (χ0v) is 15.4. The molecule has 0 saturated carbocycles. The van der Waals surface area contributed by atoms with Crippen LogP contribution in [0, 0.1) is 5.82 Å². The minimum Gasteiger partial charge on any atom is -0.310 e. The summed E-state index contributed by atoms with van der Waals surface area (Å²) in [4.78, 5) is 25.3. The summed E-state index contributed by atoms with van der Waals surface area (Å²) in [6, 6.07) is 7.81. The first-order chi connectivity index (χ1) is 13.4. The van der Waals surface area contributed by atoms with Crippen LogP contribution < -0.4 is 5.56 Å². The van der Waals surface area contributed by atoms with Crippen molar-refractivity contribution in [2.45, 2.75) is 19.4 Å². The van der Waals surface area contributed by atoms with Crippen molar-refractivity contribution in [2.75, 3.05) is 7.05 Å². The van der Waals surface area contributed by atoms with Crippen LogP contribution in [0.15, 0.2) is 70.9 Å². The number of aromatic nitrogens is 2. The fraction of sp³-hybridized carbons (Fsp3) is 0.190. The van der Waals surface area contributed by atoms with Gasteiger partial charge in [0.25, 0.3) is 5.56 Å². The monoisotopic (exact) mass is 378 g/mol. The molecule has 6 nitrogen and oxygen atoms in total. The lowest BCUT2D eigenvalue weighted by Crippen LogP contribution is -2.24. The number of rotatable bonds is 5. The highest BCUT2D eigenvalue weighted by Gasteiger charge is 2.15. The van der Waals surface area contributed by atoms with Crippen LogP contribution in [-0.2, 0) is 11.3 Å². The van der Waals surface area contributed by atoms with Gasteiger partial charge in [-0.05, 0) is 42.5 Å². The van der Waals surface area contributed by atoms with Crippen molar-refractivity contribution in [3.05, 3.63) is 77.1 Å². The summed E-state index contributed by atoms with van der Waals surface area (Å²) in [5, 5.41) is 5.91. The number of hydrogen-bond donors (Lipinski definition) is 0. The molecule has 0 bridgehead atoms. The summed E-state index contributed by atoms with van der Waals surface area (Å²) in [5.41, 5.74) is 2.82. The van der Waals surface area contributed by atoms with Crippen molar-refractivity contribution < 1.29 is 9.18 Å². The topological polar surface area (TPSA) is 59.1 Å². The van der Waals surface area contributed by atoms with Crippen molar-refractivity contribution >= 4 is 28.0 Å². The lowest BCUT2D eigenvalue weighted by Gasteiger charge is -2.18. The summed E-state index contributed by atoms with van der Waals surface area (Å²) in [6.07, 6.45) is 5.66. The average molecular weight is 378 g/mol. The van der Waals surface area contributed by atoms with Crippen molar-refractivity contribution in [2.24, 2.45) is 5.10 Å². The molecule has 0 amide bonds. The Labute approximate surface area is 160 Å². The number of ketones is 1. The van der Waals surface area contributed by atoms with Gasteiger partial charge < -0.3 is 8.97 Å². The van der Waals surface area contributed by atoms with Gasteiger partial charge in [-0.3, -0.25) is 14.6 Å². The molecule has 0 fully saturated rings. The lowest BCUT2D eigenvalue weighted by molar-refractivity contribution is -0.118. The number of nitrogens with zero attached hydrogens (tertiary/aromatic N) is 4. The standard InChI is InChI=1S/C21H19FN4O2/c1-14-5-7-16(23-24(14)2)13-17(27)9-11-26-20-12-15(22)6-8-18(20)25-10-3-4-19(25)21(26)28/h3-8,10,12H,1,9,11,13H2,2H3. The fourth-order valence-electron chi connectivity index (χ4n) is 3.36. The molecule has 1 aliphatic rings. The number of carbonyl (C=O) groups is 1. The summed E-state index contributed by atoms with van der Waals surface area (Å²) < 4.78 is 17.0. The molecule has 7 heteroatoms. The van der Waals surface area contributed by atoms with E-state index >= 15 is 0 Å². The van der Waals surface area contributed by atoms with E-state index in [4.69, 9.17) is 0 Å². The molecular weight excluding hydrogens is 359 g/mol. The van der Waals surface area contributed by atoms with Crippen molar-refractivity contribution in [1.29, 1.82) is 0 Å². The number of carbonyl (C=O) groups excluding carboxylic acids is 1. The summed E-state index contributed by atoms with van der Waals surface area (Å²) in [7, 11) is 1.77. The van der Waals surface area contributed by atoms with Gasteiger partial charge in [0.1, 0.15) is 17.1 Å². The molecule has 0 aliphatic carbocycles. The molecule has 142 valence electrons. The minimum atomic E-state index is -0.427. The summed E-state index contributed by atoms with van der Waals surface area (Å²) in [5.74, 6) is -0.473. The number of hydrazone groups is 1. The third-order valence-corrected chi connectivity index (χ3v) is 4.86. The molecule has 1 aliphatic heterocycles. The molecule has 0 spiro atoms. The molecule has 0 saturated heterocycles. The third-order valence-electron chi connectivity index (χ3n) is 4.86. The second kappa shape index (κ2) is 6.92. The highest BCUT2D eigenvalue weighted by atomic mass is 19.1. The van der Waals surface area contributed by atoms with Gasteiger partial charge in [0, 0.05) is 26.2 Å². The van der Waals surface area contributed by atoms with Gasteiger partial charge >= 0.3 is 0 Å². The van der Waals surface area contributed by atoms with Gasteiger partial charge in [-0.2, -0.15) is 5.10 Å². The van der Waals surface area contributed by atoms with Gasteiger partial charge in [-0.25, -0.2) is 4.39 Å². The molecule has 28 heavy (non-hydrogen) atoms. The first-order valence-corrected chi connectivity index (χ1v) is 8.93. The maximum atomic E-state index is 13.8. The molecule has 0 atom stereocenters. The molecule has 1 aromatic carbocycles. The molecule has 4 rings (SSSR count). The van der Waals surface area contributed by atoms with Crippen molar-refractivity contribution in [3.63, 3.8) is 0 Å². The Bertz CT molecular complexity index is 1230. The van der Waals surface area contributed by atoms with E-state index in [1.54, 1.807) is 53.0 Å². The van der Waals surface area contributed by atoms with Crippen LogP contribution in [0.3, 0.4) is 0 Å². The molecular formula is C21H19FN4O2. The number of hydrogen-bond acceptors (Lipinski definition) is 4. The van der Waals surface area contributed by atoms with Crippen LogP contribution in [-0.4, -0.2) is 32.5 Å². The van der Waals surface area contributed by atoms with Crippen molar-refractivity contribution in [3.8, 4) is 0 Å². The van der Waals surface area contributed by atoms with Crippen LogP contribution in [0.5, 0.6) is 0 Å². The number of benzene rings is 1. The first-order valence-electron chi connectivity index (χ1n) is 8.93. The maximum absolute atomic E-state index is 13.8. The Morgan fingerprint density at radius 1 is 1.18 bits per heavy atom. The Morgan fingerprint density at radius 3 is 2.79 bits per heavy atom. The quantitative estimate of drug-likeness (QED) is 0.685. The molecule has 0 N–H and O–H groups in total. The Balaban J connectivity index is 1.62. The van der Waals surface area contributed by atoms with E-state index in [-0.39, 0.29) is 30.7 Å². The largest absolute Gasteiger partial charge is 0.310 e. The van der Waals surface area contributed by atoms with E-state index in [1.165, 1.54) is 16.7 Å². The van der Waals surface area contributed by atoms with Gasteiger partial charge in [0.05, 0.1) is 28.9 Å². The van der Waals surface area contributed by atoms with E-state index in [2.05, 4.69) is 11.7 Å². The summed E-state index contributed by atoms with van der Waals surface area (Å²) >= 11 is 0. The van der Waals surface area contributed by atoms with E-state index in [1.807, 2.05) is 0 Å². The zero-order valence-electron chi connectivity index (χ0n) is 15.4. The van der Waals surface area contributed by atoms with Crippen LogP contribution in [0.2, 0.25) is 0 Å². The van der Waals surface area contributed by atoms with E-state index in [0.717, 1.165) is 5.70 Å². The predicted octanol–water partition coefficient (Wildman–Crippen LogP) is 3.11. The molecule has 3 aromatic rings. The smallest absolute Gasteiger partial charge is 0.275 e. The normalized spacial score (nSPS) is 14.1. The molecule has 0 radical (unpaired) electrons. The zero-order chi connectivity index (χ0) is 19.8. The SMILES string of the molecule is C=C1C=CC(CC(=O)CCn2c(=O)c3cccn3c3ccc(F)cc32)=NN1C. The van der Waals surface area contributed by atoms with Crippen molar-refractivity contribution in [1.82, 2.24) is 14.0 Å². The van der Waals surface area contributed by atoms with Gasteiger partial charge in [0.2, 0.25) is 0 Å². The number of halogens is 1. The Morgan fingerprint density at radius 2 is 2.00 bits per heavy atom. The predicted molar refractivity (Wildman–Crippen MR) is 107 cm³/mol. The summed E-state index contributed by atoms with van der Waals surface area (Å²) in [6.45, 7) is 4.01. The molecule has 2 aromatic heterocycles. The van der Waals surface area contributed by atoms with Gasteiger partial charge in [0.15, 0.2) is 0 Å². The second-order valence-corrected chi connectivity index (χ2v) is 6.76. The van der Waals surface area contributed by atoms with E-state index in [9.17, 15) is 14.0 Å². The average Bonchev–Trinajstić information content (AvgIpc) is 3.15. The molecule has 0 unspecified atom stereocenters. The fourth-order valence-corrected chi connectivity index (χ4v) is 3.36. The second-order valence-electron chi connectivity index (χ2n) is 6.76. The Hall–Kier alpha value is -3.48. The van der Waals surface area contributed by atoms with Crippen LogP contribution in [0.25, 0.3) is 16.6 Å². The highest BCUT2D eigenvalue weighted by Crippen LogP contribution is 2.17. The van der Waals surface area contributed by atoms with Gasteiger partial charge in [-0.1, -0.05) is 6.58 Å².